The first-order chi connectivity index (χ1) is 22.1. The van der Waals surface area contributed by atoms with Crippen LogP contribution in [0.5, 0.6) is 5.75 Å². The number of rotatable bonds is 15. The predicted octanol–water partition coefficient (Wildman–Crippen LogP) is 6.24. The number of methoxy groups -OCH3 is 1. The van der Waals surface area contributed by atoms with Crippen LogP contribution in [0.3, 0.4) is 0 Å². The molecule has 0 aliphatic carbocycles. The molecule has 8 nitrogen and oxygen atoms in total. The highest BCUT2D eigenvalue weighted by Gasteiger charge is 2.35. The Hall–Kier alpha value is -4.41. The monoisotopic (exact) mass is 665 g/mol. The SMILES string of the molecule is CCCCNC(=O)[C@@H](Cc1ccccc1)N(Cc1ccccc1F)C(=O)CN(c1ccc(Cl)cc1)S(=O)(=O)c1ccc(OC)cc1. The average molecular weight is 666 g/mol. The highest BCUT2D eigenvalue weighted by molar-refractivity contribution is 7.92. The molecule has 2 amide bonds. The molecule has 0 heterocycles. The topological polar surface area (TPSA) is 96.0 Å². The molecule has 46 heavy (non-hydrogen) atoms. The normalized spacial score (nSPS) is 11.8. The van der Waals surface area contributed by atoms with E-state index >= 15 is 4.39 Å². The second kappa shape index (κ2) is 16.2. The van der Waals surface area contributed by atoms with Crippen LogP contribution in [-0.2, 0) is 32.6 Å². The van der Waals surface area contributed by atoms with Gasteiger partial charge < -0.3 is 15.0 Å². The Bertz CT molecular complexity index is 1700. The molecule has 0 radical (unpaired) electrons. The first kappa shape index (κ1) is 34.5. The summed E-state index contributed by atoms with van der Waals surface area (Å²) in [4.78, 5) is 29.4. The predicted molar refractivity (Wildman–Crippen MR) is 178 cm³/mol. The number of nitrogens with zero attached hydrogens (tertiary/aromatic N) is 2. The van der Waals surface area contributed by atoms with Gasteiger partial charge in [-0.1, -0.05) is 73.5 Å². The van der Waals surface area contributed by atoms with Gasteiger partial charge >= 0.3 is 0 Å². The van der Waals surface area contributed by atoms with Crippen molar-refractivity contribution in [3.8, 4) is 5.75 Å². The summed E-state index contributed by atoms with van der Waals surface area (Å²) in [5.74, 6) is -1.20. The van der Waals surface area contributed by atoms with Crippen LogP contribution in [0.1, 0.15) is 30.9 Å². The number of sulfonamides is 1. The van der Waals surface area contributed by atoms with Crippen LogP contribution >= 0.6 is 11.6 Å². The molecular weight excluding hydrogens is 629 g/mol. The molecule has 242 valence electrons. The zero-order valence-electron chi connectivity index (χ0n) is 25.7. The molecule has 4 rings (SSSR count). The minimum Gasteiger partial charge on any atom is -0.497 e. The van der Waals surface area contributed by atoms with Crippen molar-refractivity contribution in [3.05, 3.63) is 125 Å². The summed E-state index contributed by atoms with van der Waals surface area (Å²) >= 11 is 6.11. The maximum absolute atomic E-state index is 15.0. The van der Waals surface area contributed by atoms with Gasteiger partial charge in [-0.25, -0.2) is 12.8 Å². The van der Waals surface area contributed by atoms with Crippen molar-refractivity contribution in [2.75, 3.05) is 24.5 Å². The first-order valence-corrected chi connectivity index (χ1v) is 16.7. The largest absolute Gasteiger partial charge is 0.497 e. The molecule has 0 bridgehead atoms. The van der Waals surface area contributed by atoms with Crippen molar-refractivity contribution < 1.29 is 27.1 Å². The molecule has 0 aliphatic rings. The van der Waals surface area contributed by atoms with Crippen LogP contribution in [-0.4, -0.2) is 51.4 Å². The number of nitrogens with one attached hydrogen (secondary N) is 1. The molecule has 0 aliphatic heterocycles. The molecule has 0 spiro atoms. The van der Waals surface area contributed by atoms with E-state index in [0.29, 0.717) is 17.3 Å². The van der Waals surface area contributed by atoms with E-state index < -0.39 is 40.2 Å². The number of unbranched alkanes of at least 4 members (excludes halogenated alkanes) is 1. The van der Waals surface area contributed by atoms with E-state index in [1.165, 1.54) is 78.7 Å². The number of carbonyl (C=O) groups excluding carboxylic acids is 2. The number of ether oxygens (including phenoxy) is 1. The number of hydrogen-bond donors (Lipinski definition) is 1. The van der Waals surface area contributed by atoms with Gasteiger partial charge in [0, 0.05) is 30.1 Å². The fourth-order valence-electron chi connectivity index (χ4n) is 4.88. The highest BCUT2D eigenvalue weighted by atomic mass is 35.5. The van der Waals surface area contributed by atoms with Crippen LogP contribution in [0.2, 0.25) is 5.02 Å². The Kier molecular flexibility index (Phi) is 12.2. The summed E-state index contributed by atoms with van der Waals surface area (Å²) in [5, 5.41) is 3.29. The Morgan fingerprint density at radius 2 is 1.57 bits per heavy atom. The van der Waals surface area contributed by atoms with Crippen molar-refractivity contribution in [1.29, 1.82) is 0 Å². The van der Waals surface area contributed by atoms with Crippen LogP contribution in [0.25, 0.3) is 0 Å². The fourth-order valence-corrected chi connectivity index (χ4v) is 6.42. The molecule has 1 atom stereocenters. The molecule has 11 heteroatoms. The van der Waals surface area contributed by atoms with Crippen LogP contribution in [0.4, 0.5) is 10.1 Å². The van der Waals surface area contributed by atoms with Gasteiger partial charge in [0.1, 0.15) is 24.2 Å². The lowest BCUT2D eigenvalue weighted by atomic mass is 10.0. The Labute approximate surface area is 274 Å². The van der Waals surface area contributed by atoms with E-state index in [0.717, 1.165) is 22.7 Å². The van der Waals surface area contributed by atoms with E-state index in [-0.39, 0.29) is 29.1 Å². The van der Waals surface area contributed by atoms with Gasteiger partial charge in [-0.15, -0.1) is 0 Å². The van der Waals surface area contributed by atoms with Crippen LogP contribution < -0.4 is 14.4 Å². The second-order valence-corrected chi connectivity index (χ2v) is 12.9. The van der Waals surface area contributed by atoms with Gasteiger partial charge in [-0.3, -0.25) is 13.9 Å². The van der Waals surface area contributed by atoms with Gasteiger partial charge in [-0.2, -0.15) is 0 Å². The minimum absolute atomic E-state index is 0.0742. The lowest BCUT2D eigenvalue weighted by Crippen LogP contribution is -2.53. The van der Waals surface area contributed by atoms with E-state index in [9.17, 15) is 18.0 Å². The van der Waals surface area contributed by atoms with Crippen molar-refractivity contribution in [3.63, 3.8) is 0 Å². The molecule has 4 aromatic rings. The second-order valence-electron chi connectivity index (χ2n) is 10.6. The molecule has 0 saturated heterocycles. The summed E-state index contributed by atoms with van der Waals surface area (Å²) in [6.07, 6.45) is 1.71. The maximum Gasteiger partial charge on any atom is 0.264 e. The van der Waals surface area contributed by atoms with E-state index in [1.807, 2.05) is 37.3 Å². The zero-order valence-corrected chi connectivity index (χ0v) is 27.3. The molecule has 4 aromatic carbocycles. The highest BCUT2D eigenvalue weighted by Crippen LogP contribution is 2.27. The third-order valence-electron chi connectivity index (χ3n) is 7.44. The van der Waals surface area contributed by atoms with Crippen LogP contribution in [0.15, 0.2) is 108 Å². The van der Waals surface area contributed by atoms with E-state index in [2.05, 4.69) is 5.32 Å². The number of carbonyl (C=O) groups is 2. The van der Waals surface area contributed by atoms with Crippen LogP contribution in [0, 0.1) is 5.82 Å². The fraction of sp³-hybridized carbons (Fsp3) is 0.257. The summed E-state index contributed by atoms with van der Waals surface area (Å²) in [5.41, 5.74) is 1.16. The number of halogens is 2. The lowest BCUT2D eigenvalue weighted by molar-refractivity contribution is -0.140. The first-order valence-electron chi connectivity index (χ1n) is 14.9. The smallest absolute Gasteiger partial charge is 0.264 e. The molecule has 1 N–H and O–H groups in total. The van der Waals surface area contributed by atoms with Gasteiger partial charge in [-0.05, 0) is 66.6 Å². The molecule has 0 fully saturated rings. The van der Waals surface area contributed by atoms with Gasteiger partial charge in [0.15, 0.2) is 0 Å². The number of anilines is 1. The van der Waals surface area contributed by atoms with Gasteiger partial charge in [0.05, 0.1) is 17.7 Å². The Morgan fingerprint density at radius 1 is 0.913 bits per heavy atom. The zero-order chi connectivity index (χ0) is 33.1. The third-order valence-corrected chi connectivity index (χ3v) is 9.48. The van der Waals surface area contributed by atoms with Gasteiger partial charge in [0.2, 0.25) is 11.8 Å². The number of amides is 2. The van der Waals surface area contributed by atoms with Crippen molar-refractivity contribution >= 4 is 39.1 Å². The van der Waals surface area contributed by atoms with E-state index in [1.54, 1.807) is 6.07 Å². The van der Waals surface area contributed by atoms with Gasteiger partial charge in [0.25, 0.3) is 10.0 Å². The summed E-state index contributed by atoms with van der Waals surface area (Å²) < 4.78 is 49.4. The maximum atomic E-state index is 15.0. The standard InChI is InChI=1S/C35H37ClFN3O5S/c1-3-4-22-38-35(42)33(23-26-10-6-5-7-11-26)39(24-27-12-8-9-13-32(27)37)34(41)25-40(29-16-14-28(36)15-17-29)46(43,44)31-20-18-30(45-2)19-21-31/h5-21,33H,3-4,22-25H2,1-2H3,(H,38,42)/t33-/m1/s1. The third kappa shape index (κ3) is 8.86. The minimum atomic E-state index is -4.31. The number of benzene rings is 4. The summed E-state index contributed by atoms with van der Waals surface area (Å²) in [6.45, 7) is 1.46. The average Bonchev–Trinajstić information content (AvgIpc) is 3.07. The van der Waals surface area contributed by atoms with Crippen molar-refractivity contribution in [1.82, 2.24) is 10.2 Å². The lowest BCUT2D eigenvalue weighted by Gasteiger charge is -2.34. The molecule has 0 saturated carbocycles. The molecule has 0 unspecified atom stereocenters. The van der Waals surface area contributed by atoms with Crippen molar-refractivity contribution in [2.45, 2.75) is 43.7 Å². The Morgan fingerprint density at radius 3 is 2.20 bits per heavy atom. The van der Waals surface area contributed by atoms with Crippen molar-refractivity contribution in [2.24, 2.45) is 0 Å². The van der Waals surface area contributed by atoms with E-state index in [4.69, 9.17) is 16.3 Å². The quantitative estimate of drug-likeness (QED) is 0.152. The summed E-state index contributed by atoms with van der Waals surface area (Å²) in [7, 11) is -2.84. The Balaban J connectivity index is 1.79. The summed E-state index contributed by atoms with van der Waals surface area (Å²) in [6, 6.07) is 25.9. The molecule has 0 aromatic heterocycles. The molecular formula is C35H37ClFN3O5S. The number of hydrogen-bond acceptors (Lipinski definition) is 5.